The average molecular weight is 278 g/mol. The molecule has 1 amide bonds. The number of methoxy groups -OCH3 is 1. The second-order valence-corrected chi connectivity index (χ2v) is 4.19. The van der Waals surface area contributed by atoms with Crippen molar-refractivity contribution in [2.24, 2.45) is 5.73 Å². The number of amides is 1. The number of hydrogen-bond donors (Lipinski definition) is 1. The molecule has 0 unspecified atom stereocenters. The van der Waals surface area contributed by atoms with E-state index in [1.807, 2.05) is 0 Å². The summed E-state index contributed by atoms with van der Waals surface area (Å²) in [7, 11) is 1.33. The van der Waals surface area contributed by atoms with Crippen LogP contribution in [-0.2, 0) is 14.3 Å². The van der Waals surface area contributed by atoms with Gasteiger partial charge in [0, 0.05) is 0 Å². The number of ether oxygens (including phenoxy) is 1. The van der Waals surface area contributed by atoms with Crippen LogP contribution in [0, 0.1) is 0 Å². The standard InChI is InChI=1S/C9H15N2O3Se/c1-14-9(13)7-3-2-4-11(7)8(12)6(10)5-15/h6-7H,2-5,10H2,1H3/t6-,7-/m0/s1. The molecule has 1 heterocycles. The Morgan fingerprint density at radius 2 is 2.33 bits per heavy atom. The van der Waals surface area contributed by atoms with Crippen molar-refractivity contribution in [3.8, 4) is 0 Å². The molecule has 0 bridgehead atoms. The first-order valence-electron chi connectivity index (χ1n) is 4.83. The summed E-state index contributed by atoms with van der Waals surface area (Å²) in [5.41, 5.74) is 5.63. The summed E-state index contributed by atoms with van der Waals surface area (Å²) in [4.78, 5) is 24.7. The fourth-order valence-electron chi connectivity index (χ4n) is 1.70. The van der Waals surface area contributed by atoms with Crippen molar-refractivity contribution in [3.63, 3.8) is 0 Å². The minimum atomic E-state index is -0.560. The van der Waals surface area contributed by atoms with E-state index in [4.69, 9.17) is 5.73 Å². The number of esters is 1. The van der Waals surface area contributed by atoms with Gasteiger partial charge in [-0.25, -0.2) is 0 Å². The number of likely N-dealkylation sites (tertiary alicyclic amines) is 1. The van der Waals surface area contributed by atoms with Gasteiger partial charge in [0.1, 0.15) is 0 Å². The number of nitrogens with zero attached hydrogens (tertiary/aromatic N) is 1. The third-order valence-electron chi connectivity index (χ3n) is 2.51. The van der Waals surface area contributed by atoms with Crippen LogP contribution < -0.4 is 5.73 Å². The first-order chi connectivity index (χ1) is 7.11. The van der Waals surface area contributed by atoms with Crippen LogP contribution >= 0.6 is 0 Å². The Labute approximate surface area is 97.1 Å². The van der Waals surface area contributed by atoms with E-state index in [0.717, 1.165) is 6.42 Å². The van der Waals surface area contributed by atoms with Crippen LogP contribution in [0.5, 0.6) is 0 Å². The van der Waals surface area contributed by atoms with Crippen molar-refractivity contribution < 1.29 is 14.3 Å². The molecule has 1 radical (unpaired) electrons. The van der Waals surface area contributed by atoms with Crippen LogP contribution in [0.15, 0.2) is 0 Å². The molecule has 0 aromatic rings. The number of carbonyl (C=O) groups is 2. The van der Waals surface area contributed by atoms with Gasteiger partial charge in [-0.05, 0) is 0 Å². The molecule has 0 saturated carbocycles. The molecule has 15 heavy (non-hydrogen) atoms. The van der Waals surface area contributed by atoms with Gasteiger partial charge >= 0.3 is 96.7 Å². The predicted molar refractivity (Wildman–Crippen MR) is 55.3 cm³/mol. The molecule has 2 N–H and O–H groups in total. The molecule has 2 atom stereocenters. The first kappa shape index (κ1) is 12.5. The number of rotatable bonds is 3. The summed E-state index contributed by atoms with van der Waals surface area (Å²) < 4.78 is 4.65. The molecule has 6 heteroatoms. The van der Waals surface area contributed by atoms with E-state index in [1.54, 1.807) is 0 Å². The molecule has 1 rings (SSSR count). The maximum atomic E-state index is 11.8. The third-order valence-corrected chi connectivity index (χ3v) is 3.26. The molecular formula is C9H15N2O3Se. The Hall–Kier alpha value is -0.581. The van der Waals surface area contributed by atoms with Gasteiger partial charge in [-0.15, -0.1) is 0 Å². The van der Waals surface area contributed by atoms with Crippen molar-refractivity contribution >= 4 is 27.9 Å². The molecule has 0 aromatic carbocycles. The summed E-state index contributed by atoms with van der Waals surface area (Å²) >= 11 is 2.72. The molecule has 85 valence electrons. The molecule has 5 nitrogen and oxygen atoms in total. The van der Waals surface area contributed by atoms with Crippen molar-refractivity contribution in [2.75, 3.05) is 13.7 Å². The van der Waals surface area contributed by atoms with Crippen LogP contribution in [0.2, 0.25) is 5.32 Å². The SMILES string of the molecule is COC(=O)[C@@H]1CCCN1C(=O)[C@@H](N)C[Se]. The van der Waals surface area contributed by atoms with Crippen molar-refractivity contribution in [1.29, 1.82) is 0 Å². The zero-order valence-corrected chi connectivity index (χ0v) is 10.4. The molecule has 1 aliphatic rings. The Kier molecular flexibility index (Phi) is 4.57. The number of carbonyl (C=O) groups excluding carboxylic acids is 2. The van der Waals surface area contributed by atoms with E-state index < -0.39 is 12.1 Å². The van der Waals surface area contributed by atoms with Crippen LogP contribution in [-0.4, -0.2) is 58.5 Å². The first-order valence-corrected chi connectivity index (χ1v) is 6.05. The van der Waals surface area contributed by atoms with Gasteiger partial charge in [-0.2, -0.15) is 0 Å². The summed E-state index contributed by atoms with van der Waals surface area (Å²) in [6, 6.07) is -1.00. The van der Waals surface area contributed by atoms with Gasteiger partial charge in [0.05, 0.1) is 0 Å². The van der Waals surface area contributed by atoms with E-state index in [-0.39, 0.29) is 11.9 Å². The monoisotopic (exact) mass is 279 g/mol. The van der Waals surface area contributed by atoms with Crippen molar-refractivity contribution in [3.05, 3.63) is 0 Å². The number of nitrogens with two attached hydrogens (primary N) is 1. The number of hydrogen-bond acceptors (Lipinski definition) is 4. The Balaban J connectivity index is 2.68. The molecule has 1 fully saturated rings. The molecule has 1 aliphatic heterocycles. The van der Waals surface area contributed by atoms with Crippen molar-refractivity contribution in [1.82, 2.24) is 4.90 Å². The summed E-state index contributed by atoms with van der Waals surface area (Å²) in [5, 5.41) is 0.462. The average Bonchev–Trinajstić information content (AvgIpc) is 2.74. The van der Waals surface area contributed by atoms with E-state index in [2.05, 4.69) is 20.7 Å². The fourth-order valence-corrected chi connectivity index (χ4v) is 1.99. The van der Waals surface area contributed by atoms with Gasteiger partial charge in [-0.3, -0.25) is 0 Å². The Morgan fingerprint density at radius 1 is 1.67 bits per heavy atom. The summed E-state index contributed by atoms with van der Waals surface area (Å²) in [5.74, 6) is -0.533. The van der Waals surface area contributed by atoms with Crippen LogP contribution in [0.25, 0.3) is 0 Å². The van der Waals surface area contributed by atoms with E-state index in [1.165, 1.54) is 12.0 Å². The van der Waals surface area contributed by atoms with Gasteiger partial charge in [0.15, 0.2) is 0 Å². The van der Waals surface area contributed by atoms with Gasteiger partial charge in [-0.1, -0.05) is 0 Å². The molecular weight excluding hydrogens is 263 g/mol. The van der Waals surface area contributed by atoms with Crippen molar-refractivity contribution in [2.45, 2.75) is 30.2 Å². The summed E-state index contributed by atoms with van der Waals surface area (Å²) in [6.45, 7) is 0.590. The Morgan fingerprint density at radius 3 is 2.87 bits per heavy atom. The van der Waals surface area contributed by atoms with Gasteiger partial charge in [0.25, 0.3) is 0 Å². The third kappa shape index (κ3) is 2.71. The van der Waals surface area contributed by atoms with Crippen LogP contribution in [0.1, 0.15) is 12.8 Å². The minimum absolute atomic E-state index is 0.179. The maximum absolute atomic E-state index is 11.8. The molecule has 0 aromatic heterocycles. The zero-order valence-electron chi connectivity index (χ0n) is 8.64. The van der Waals surface area contributed by atoms with E-state index in [9.17, 15) is 9.59 Å². The van der Waals surface area contributed by atoms with Crippen LogP contribution in [0.4, 0.5) is 0 Å². The zero-order chi connectivity index (χ0) is 11.4. The normalized spacial score (nSPS) is 22.6. The van der Waals surface area contributed by atoms with Gasteiger partial charge < -0.3 is 0 Å². The predicted octanol–water partition coefficient (Wildman–Crippen LogP) is -0.935. The Bertz CT molecular complexity index is 260. The molecule has 1 saturated heterocycles. The second kappa shape index (κ2) is 5.49. The topological polar surface area (TPSA) is 72.6 Å². The summed E-state index contributed by atoms with van der Waals surface area (Å²) in [6.07, 6.45) is 1.49. The van der Waals surface area contributed by atoms with E-state index >= 15 is 0 Å². The van der Waals surface area contributed by atoms with E-state index in [0.29, 0.717) is 18.3 Å². The fraction of sp³-hybridized carbons (Fsp3) is 0.778. The van der Waals surface area contributed by atoms with Crippen LogP contribution in [0.3, 0.4) is 0 Å². The quantitative estimate of drug-likeness (QED) is 0.534. The van der Waals surface area contributed by atoms with Gasteiger partial charge in [0.2, 0.25) is 0 Å². The molecule has 0 aliphatic carbocycles. The molecule has 0 spiro atoms. The second-order valence-electron chi connectivity index (χ2n) is 3.49.